The fourth-order valence-electron chi connectivity index (χ4n) is 4.25. The molecule has 0 aromatic heterocycles. The Morgan fingerprint density at radius 3 is 2.47 bits per heavy atom. The predicted molar refractivity (Wildman–Crippen MR) is 78.0 cm³/mol. The average molecular weight is 264 g/mol. The Morgan fingerprint density at radius 1 is 1.16 bits per heavy atom. The van der Waals surface area contributed by atoms with Crippen molar-refractivity contribution in [3.63, 3.8) is 0 Å². The molecule has 2 aliphatic carbocycles. The molecule has 1 saturated heterocycles. The number of allylic oxidation sites excluding steroid dienone is 2. The number of hydrogen-bond acceptors (Lipinski definition) is 3. The first-order chi connectivity index (χ1) is 9.30. The van der Waals surface area contributed by atoms with Gasteiger partial charge in [0.15, 0.2) is 0 Å². The molecule has 3 rings (SSSR count). The third-order valence-corrected chi connectivity index (χ3v) is 5.51. The van der Waals surface area contributed by atoms with Gasteiger partial charge in [0.2, 0.25) is 0 Å². The van der Waals surface area contributed by atoms with Crippen molar-refractivity contribution in [1.82, 2.24) is 9.80 Å². The van der Waals surface area contributed by atoms with Gasteiger partial charge >= 0.3 is 0 Å². The molecule has 108 valence electrons. The van der Waals surface area contributed by atoms with Crippen LogP contribution in [0, 0.1) is 17.8 Å². The maximum Gasteiger partial charge on any atom is 0.0586 e. The molecule has 1 aliphatic heterocycles. The Bertz CT molecular complexity index is 319. The molecule has 2 fully saturated rings. The fourth-order valence-corrected chi connectivity index (χ4v) is 4.25. The van der Waals surface area contributed by atoms with E-state index in [1.54, 1.807) is 0 Å². The minimum Gasteiger partial charge on any atom is -0.395 e. The van der Waals surface area contributed by atoms with Crippen LogP contribution in [0.2, 0.25) is 0 Å². The second kappa shape index (κ2) is 5.94. The summed E-state index contributed by atoms with van der Waals surface area (Å²) in [7, 11) is 0. The van der Waals surface area contributed by atoms with Crippen molar-refractivity contribution in [3.05, 3.63) is 12.2 Å². The van der Waals surface area contributed by atoms with E-state index in [-0.39, 0.29) is 0 Å². The van der Waals surface area contributed by atoms with E-state index in [0.29, 0.717) is 12.6 Å². The van der Waals surface area contributed by atoms with E-state index in [2.05, 4.69) is 28.9 Å². The molecule has 1 saturated carbocycles. The fraction of sp³-hybridized carbons (Fsp3) is 0.875. The van der Waals surface area contributed by atoms with Crippen molar-refractivity contribution in [2.75, 3.05) is 39.3 Å². The summed E-state index contributed by atoms with van der Waals surface area (Å²) in [6, 6.07) is 0.382. The van der Waals surface area contributed by atoms with Crippen LogP contribution in [0.3, 0.4) is 0 Å². The number of hydrogen-bond donors (Lipinski definition) is 1. The van der Waals surface area contributed by atoms with Gasteiger partial charge in [-0.15, -0.1) is 0 Å². The van der Waals surface area contributed by atoms with E-state index in [1.165, 1.54) is 32.5 Å². The molecule has 0 amide bonds. The van der Waals surface area contributed by atoms with Gasteiger partial charge < -0.3 is 10.0 Å². The van der Waals surface area contributed by atoms with Crippen LogP contribution in [0.25, 0.3) is 0 Å². The highest BCUT2D eigenvalue weighted by Crippen LogP contribution is 2.43. The molecule has 0 radical (unpaired) electrons. The maximum atomic E-state index is 9.38. The Labute approximate surface area is 117 Å². The van der Waals surface area contributed by atoms with Crippen molar-refractivity contribution in [2.24, 2.45) is 17.8 Å². The highest BCUT2D eigenvalue weighted by molar-refractivity contribution is 5.10. The van der Waals surface area contributed by atoms with Gasteiger partial charge in [0.05, 0.1) is 6.61 Å². The lowest BCUT2D eigenvalue weighted by atomic mass is 9.93. The van der Waals surface area contributed by atoms with Crippen LogP contribution in [0.5, 0.6) is 0 Å². The van der Waals surface area contributed by atoms with E-state index in [4.69, 9.17) is 0 Å². The number of fused-ring (bicyclic) bond motifs is 2. The molecule has 2 bridgehead atoms. The van der Waals surface area contributed by atoms with Gasteiger partial charge in [-0.1, -0.05) is 19.1 Å². The number of nitrogens with zero attached hydrogens (tertiary/aromatic N) is 2. The average Bonchev–Trinajstić information content (AvgIpc) is 3.04. The molecule has 3 aliphatic rings. The van der Waals surface area contributed by atoms with Crippen molar-refractivity contribution < 1.29 is 5.11 Å². The van der Waals surface area contributed by atoms with Crippen molar-refractivity contribution in [2.45, 2.75) is 32.2 Å². The van der Waals surface area contributed by atoms with Crippen LogP contribution in [0.1, 0.15) is 26.2 Å². The highest BCUT2D eigenvalue weighted by atomic mass is 16.3. The summed E-state index contributed by atoms with van der Waals surface area (Å²) in [6.45, 7) is 8.44. The Hall–Kier alpha value is -0.380. The van der Waals surface area contributed by atoms with Gasteiger partial charge in [0.1, 0.15) is 0 Å². The van der Waals surface area contributed by atoms with Crippen LogP contribution in [-0.2, 0) is 0 Å². The zero-order chi connectivity index (χ0) is 13.2. The molecular weight excluding hydrogens is 236 g/mol. The van der Waals surface area contributed by atoms with Crippen LogP contribution in [0.4, 0.5) is 0 Å². The second-order valence-corrected chi connectivity index (χ2v) is 6.62. The molecule has 1 heterocycles. The Kier molecular flexibility index (Phi) is 4.25. The molecule has 0 aromatic rings. The molecule has 3 nitrogen and oxygen atoms in total. The third-order valence-electron chi connectivity index (χ3n) is 5.51. The van der Waals surface area contributed by atoms with Gasteiger partial charge in [0.25, 0.3) is 0 Å². The normalized spacial score (nSPS) is 37.1. The second-order valence-electron chi connectivity index (χ2n) is 6.62. The number of piperazine rings is 1. The minimum absolute atomic E-state index is 0.313. The lowest BCUT2D eigenvalue weighted by Gasteiger charge is -2.39. The molecule has 0 aromatic carbocycles. The zero-order valence-corrected chi connectivity index (χ0v) is 12.2. The van der Waals surface area contributed by atoms with Gasteiger partial charge in [0, 0.05) is 38.8 Å². The smallest absolute Gasteiger partial charge is 0.0586 e. The van der Waals surface area contributed by atoms with Gasteiger partial charge in [-0.25, -0.2) is 0 Å². The lowest BCUT2D eigenvalue weighted by molar-refractivity contribution is 0.0557. The number of aliphatic hydroxyl groups is 1. The van der Waals surface area contributed by atoms with Gasteiger partial charge in [-0.05, 0) is 37.0 Å². The minimum atomic E-state index is 0.313. The van der Waals surface area contributed by atoms with E-state index in [1.807, 2.05) is 0 Å². The Balaban J connectivity index is 1.44. The summed E-state index contributed by atoms with van der Waals surface area (Å²) < 4.78 is 0. The maximum absolute atomic E-state index is 9.38. The third kappa shape index (κ3) is 2.88. The van der Waals surface area contributed by atoms with E-state index < -0.39 is 0 Å². The molecule has 0 unspecified atom stereocenters. The molecule has 19 heavy (non-hydrogen) atoms. The first kappa shape index (κ1) is 13.6. The molecule has 4 atom stereocenters. The Morgan fingerprint density at radius 2 is 1.95 bits per heavy atom. The van der Waals surface area contributed by atoms with Gasteiger partial charge in [-0.3, -0.25) is 4.90 Å². The van der Waals surface area contributed by atoms with E-state index >= 15 is 0 Å². The first-order valence-electron chi connectivity index (χ1n) is 8.05. The zero-order valence-electron chi connectivity index (χ0n) is 12.2. The standard InChI is InChI=1S/C16H28N2O/c1-2-16(12-19)18-7-5-17(6-8-18)11-15-10-13-3-4-14(15)9-13/h3-4,13-16,19H,2,5-12H2,1H3/t13-,14-,15+,16-/m0/s1. The van der Waals surface area contributed by atoms with E-state index in [0.717, 1.165) is 37.3 Å². The monoisotopic (exact) mass is 264 g/mol. The predicted octanol–water partition coefficient (Wildman–Crippen LogP) is 1.59. The van der Waals surface area contributed by atoms with Crippen molar-refractivity contribution in [3.8, 4) is 0 Å². The summed E-state index contributed by atoms with van der Waals surface area (Å²) in [5, 5.41) is 9.38. The first-order valence-corrected chi connectivity index (χ1v) is 8.05. The number of aliphatic hydroxyl groups excluding tert-OH is 1. The summed E-state index contributed by atoms with van der Waals surface area (Å²) in [5.74, 6) is 2.69. The topological polar surface area (TPSA) is 26.7 Å². The van der Waals surface area contributed by atoms with Crippen LogP contribution in [-0.4, -0.2) is 60.3 Å². The van der Waals surface area contributed by atoms with Crippen LogP contribution in [0.15, 0.2) is 12.2 Å². The molecule has 0 spiro atoms. The molecule has 3 heteroatoms. The van der Waals surface area contributed by atoms with Crippen LogP contribution >= 0.6 is 0 Å². The highest BCUT2D eigenvalue weighted by Gasteiger charge is 2.36. The molecular formula is C16H28N2O. The quantitative estimate of drug-likeness (QED) is 0.764. The van der Waals surface area contributed by atoms with Crippen molar-refractivity contribution >= 4 is 0 Å². The lowest BCUT2D eigenvalue weighted by Crippen LogP contribution is -2.52. The van der Waals surface area contributed by atoms with Gasteiger partial charge in [-0.2, -0.15) is 0 Å². The largest absolute Gasteiger partial charge is 0.395 e. The van der Waals surface area contributed by atoms with Crippen molar-refractivity contribution in [1.29, 1.82) is 0 Å². The summed E-state index contributed by atoms with van der Waals surface area (Å²) in [5.41, 5.74) is 0. The summed E-state index contributed by atoms with van der Waals surface area (Å²) in [6.07, 6.45) is 8.82. The number of rotatable bonds is 5. The SMILES string of the molecule is CC[C@@H](CO)N1CCN(C[C@H]2C[C@H]3C=C[C@H]2C3)CC1. The van der Waals surface area contributed by atoms with Crippen LogP contribution < -0.4 is 0 Å². The molecule has 1 N–H and O–H groups in total. The van der Waals surface area contributed by atoms with E-state index in [9.17, 15) is 5.11 Å². The summed E-state index contributed by atoms with van der Waals surface area (Å²) >= 11 is 0. The summed E-state index contributed by atoms with van der Waals surface area (Å²) in [4.78, 5) is 5.12.